The summed E-state index contributed by atoms with van der Waals surface area (Å²) in [5, 5.41) is 3.64. The molecular weight excluding hydrogens is 355 g/mol. The molecule has 1 atom stereocenters. The summed E-state index contributed by atoms with van der Waals surface area (Å²) in [7, 11) is 1.43. The highest BCUT2D eigenvalue weighted by molar-refractivity contribution is 6.30. The van der Waals surface area contributed by atoms with Gasteiger partial charge in [0.1, 0.15) is 0 Å². The van der Waals surface area contributed by atoms with Crippen molar-refractivity contribution < 1.29 is 13.9 Å². The maximum absolute atomic E-state index is 13.8. The summed E-state index contributed by atoms with van der Waals surface area (Å²) in [5.74, 6) is -0.267. The Morgan fingerprint density at radius 1 is 1.27 bits per heavy atom. The van der Waals surface area contributed by atoms with E-state index in [2.05, 4.69) is 5.32 Å². The van der Waals surface area contributed by atoms with Gasteiger partial charge in [-0.2, -0.15) is 0 Å². The van der Waals surface area contributed by atoms with Crippen LogP contribution in [0.3, 0.4) is 0 Å². The topological polar surface area (TPSA) is 41.6 Å². The van der Waals surface area contributed by atoms with E-state index in [0.29, 0.717) is 18.1 Å². The first kappa shape index (κ1) is 20.2. The van der Waals surface area contributed by atoms with Gasteiger partial charge in [-0.25, -0.2) is 4.39 Å². The monoisotopic (exact) mass is 378 g/mol. The second-order valence-corrected chi connectivity index (χ2v) is 6.55. The van der Waals surface area contributed by atoms with Gasteiger partial charge >= 0.3 is 0 Å². The van der Waals surface area contributed by atoms with Crippen molar-refractivity contribution in [2.75, 3.05) is 20.2 Å². The van der Waals surface area contributed by atoms with Crippen LogP contribution >= 0.6 is 11.6 Å². The van der Waals surface area contributed by atoms with Gasteiger partial charge in [-0.15, -0.1) is 0 Å². The fourth-order valence-corrected chi connectivity index (χ4v) is 2.80. The zero-order chi connectivity index (χ0) is 19.1. The van der Waals surface area contributed by atoms with E-state index < -0.39 is 5.82 Å². The minimum atomic E-state index is -0.401. The molecule has 0 saturated carbocycles. The number of halogens is 2. The number of nitrogens with zero attached hydrogens (tertiary/aromatic N) is 1. The molecule has 6 heteroatoms. The molecule has 1 N–H and O–H groups in total. The van der Waals surface area contributed by atoms with Gasteiger partial charge < -0.3 is 10.1 Å². The zero-order valence-electron chi connectivity index (χ0n) is 15.3. The van der Waals surface area contributed by atoms with Crippen LogP contribution in [0.25, 0.3) is 0 Å². The first-order valence-corrected chi connectivity index (χ1v) is 8.90. The molecule has 0 aliphatic rings. The number of likely N-dealkylation sites (N-methyl/N-ethyl adjacent to an activating group) is 1. The third-order valence-electron chi connectivity index (χ3n) is 4.18. The smallest absolute Gasteiger partial charge is 0.234 e. The summed E-state index contributed by atoms with van der Waals surface area (Å²) in [6, 6.07) is 12.1. The van der Waals surface area contributed by atoms with Crippen LogP contribution in [-0.4, -0.2) is 31.0 Å². The molecule has 4 nitrogen and oxygen atoms in total. The highest BCUT2D eigenvalue weighted by Gasteiger charge is 2.14. The van der Waals surface area contributed by atoms with E-state index in [9.17, 15) is 9.18 Å². The summed E-state index contributed by atoms with van der Waals surface area (Å²) in [6.45, 7) is 5.30. The molecule has 0 aromatic heterocycles. The molecule has 2 aromatic carbocycles. The van der Waals surface area contributed by atoms with E-state index in [4.69, 9.17) is 16.3 Å². The molecule has 2 aromatic rings. The Kier molecular flexibility index (Phi) is 7.42. The van der Waals surface area contributed by atoms with Crippen LogP contribution in [0.4, 0.5) is 4.39 Å². The van der Waals surface area contributed by atoms with Gasteiger partial charge in [-0.3, -0.25) is 9.69 Å². The SMILES string of the molecule is CCN(CC(=O)N[C@H](C)c1ccc(Cl)cc1)Cc1ccc(OC)c(F)c1. The van der Waals surface area contributed by atoms with Crippen molar-refractivity contribution in [3.05, 3.63) is 64.4 Å². The highest BCUT2D eigenvalue weighted by atomic mass is 35.5. The second kappa shape index (κ2) is 9.55. The van der Waals surface area contributed by atoms with Crippen LogP contribution in [0.15, 0.2) is 42.5 Å². The van der Waals surface area contributed by atoms with E-state index in [0.717, 1.165) is 11.1 Å². The molecule has 0 fully saturated rings. The molecule has 0 saturated heterocycles. The van der Waals surface area contributed by atoms with Crippen molar-refractivity contribution in [3.8, 4) is 5.75 Å². The number of carbonyl (C=O) groups is 1. The Labute approximate surface area is 158 Å². The Balaban J connectivity index is 1.93. The summed E-state index contributed by atoms with van der Waals surface area (Å²) in [4.78, 5) is 14.3. The molecular formula is C20H24ClFN2O2. The molecule has 0 heterocycles. The molecule has 140 valence electrons. The minimum Gasteiger partial charge on any atom is -0.494 e. The average Bonchev–Trinajstić information content (AvgIpc) is 2.61. The Morgan fingerprint density at radius 2 is 1.96 bits per heavy atom. The van der Waals surface area contributed by atoms with Crippen molar-refractivity contribution in [1.29, 1.82) is 0 Å². The number of nitrogens with one attached hydrogen (secondary N) is 1. The lowest BCUT2D eigenvalue weighted by atomic mass is 10.1. The quantitative estimate of drug-likeness (QED) is 0.749. The van der Waals surface area contributed by atoms with Crippen LogP contribution in [-0.2, 0) is 11.3 Å². The maximum atomic E-state index is 13.8. The summed E-state index contributed by atoms with van der Waals surface area (Å²) < 4.78 is 18.8. The van der Waals surface area contributed by atoms with Crippen LogP contribution in [0, 0.1) is 5.82 Å². The number of benzene rings is 2. The van der Waals surface area contributed by atoms with Crippen molar-refractivity contribution in [2.45, 2.75) is 26.4 Å². The fraction of sp³-hybridized carbons (Fsp3) is 0.350. The number of carbonyl (C=O) groups excluding carboxylic acids is 1. The third-order valence-corrected chi connectivity index (χ3v) is 4.44. The Bertz CT molecular complexity index is 737. The van der Waals surface area contributed by atoms with Gasteiger partial charge in [-0.05, 0) is 48.9 Å². The number of rotatable bonds is 8. The molecule has 0 unspecified atom stereocenters. The maximum Gasteiger partial charge on any atom is 0.234 e. The van der Waals surface area contributed by atoms with E-state index in [-0.39, 0.29) is 24.2 Å². The van der Waals surface area contributed by atoms with Gasteiger partial charge in [-0.1, -0.05) is 36.7 Å². The van der Waals surface area contributed by atoms with Gasteiger partial charge in [0.15, 0.2) is 11.6 Å². The first-order chi connectivity index (χ1) is 12.4. The molecule has 2 rings (SSSR count). The number of hydrogen-bond acceptors (Lipinski definition) is 3. The van der Waals surface area contributed by atoms with Gasteiger partial charge in [0.25, 0.3) is 0 Å². The lowest BCUT2D eigenvalue weighted by Gasteiger charge is -2.22. The summed E-state index contributed by atoms with van der Waals surface area (Å²) >= 11 is 5.89. The predicted molar refractivity (Wildman–Crippen MR) is 102 cm³/mol. The van der Waals surface area contributed by atoms with E-state index >= 15 is 0 Å². The van der Waals surface area contributed by atoms with Gasteiger partial charge in [0.2, 0.25) is 5.91 Å². The van der Waals surface area contributed by atoms with Crippen LogP contribution in [0.1, 0.15) is 31.0 Å². The number of amides is 1. The number of methoxy groups -OCH3 is 1. The van der Waals surface area contributed by atoms with Crippen LogP contribution < -0.4 is 10.1 Å². The summed E-state index contributed by atoms with van der Waals surface area (Å²) in [6.07, 6.45) is 0. The predicted octanol–water partition coefficient (Wildman–Crippen LogP) is 4.19. The van der Waals surface area contributed by atoms with E-state index in [1.54, 1.807) is 24.3 Å². The third kappa shape index (κ3) is 5.71. The number of ether oxygens (including phenoxy) is 1. The molecule has 0 radical (unpaired) electrons. The standard InChI is InChI=1S/C20H24ClFN2O2/c1-4-24(12-15-5-10-19(26-3)18(22)11-15)13-20(25)23-14(2)16-6-8-17(21)9-7-16/h5-11,14H,4,12-13H2,1-3H3,(H,23,25)/t14-/m1/s1. The second-order valence-electron chi connectivity index (χ2n) is 6.11. The van der Waals surface area contributed by atoms with Crippen LogP contribution in [0.2, 0.25) is 5.02 Å². The van der Waals surface area contributed by atoms with Crippen LogP contribution in [0.5, 0.6) is 5.75 Å². The average molecular weight is 379 g/mol. The van der Waals surface area contributed by atoms with Crippen molar-refractivity contribution in [1.82, 2.24) is 10.2 Å². The zero-order valence-corrected chi connectivity index (χ0v) is 16.0. The van der Waals surface area contributed by atoms with Gasteiger partial charge in [0.05, 0.1) is 19.7 Å². The Hall–Kier alpha value is -2.11. The van der Waals surface area contributed by atoms with Crippen molar-refractivity contribution in [3.63, 3.8) is 0 Å². The van der Waals surface area contributed by atoms with E-state index in [1.807, 2.05) is 30.9 Å². The largest absolute Gasteiger partial charge is 0.494 e. The molecule has 26 heavy (non-hydrogen) atoms. The fourth-order valence-electron chi connectivity index (χ4n) is 2.67. The molecule has 0 aliphatic heterocycles. The summed E-state index contributed by atoms with van der Waals surface area (Å²) in [5.41, 5.74) is 1.78. The van der Waals surface area contributed by atoms with Gasteiger partial charge in [0, 0.05) is 11.6 Å². The minimum absolute atomic E-state index is 0.0803. The molecule has 0 bridgehead atoms. The van der Waals surface area contributed by atoms with E-state index in [1.165, 1.54) is 13.2 Å². The van der Waals surface area contributed by atoms with Crippen molar-refractivity contribution >= 4 is 17.5 Å². The first-order valence-electron chi connectivity index (χ1n) is 8.52. The normalized spacial score (nSPS) is 12.1. The Morgan fingerprint density at radius 3 is 2.54 bits per heavy atom. The molecule has 0 spiro atoms. The lowest BCUT2D eigenvalue weighted by Crippen LogP contribution is -2.38. The molecule has 0 aliphatic carbocycles. The lowest BCUT2D eigenvalue weighted by molar-refractivity contribution is -0.123. The highest BCUT2D eigenvalue weighted by Crippen LogP contribution is 2.19. The van der Waals surface area contributed by atoms with Crippen molar-refractivity contribution in [2.24, 2.45) is 0 Å². The molecule has 1 amide bonds. The number of hydrogen-bond donors (Lipinski definition) is 1.